The number of rotatable bonds is 3. The lowest BCUT2D eigenvalue weighted by Crippen LogP contribution is -2.25. The van der Waals surface area contributed by atoms with Crippen molar-refractivity contribution in [3.63, 3.8) is 0 Å². The second-order valence-electron chi connectivity index (χ2n) is 3.76. The van der Waals surface area contributed by atoms with Crippen molar-refractivity contribution in [3.05, 3.63) is 52.0 Å². The molecule has 0 saturated heterocycles. The molecule has 94 valence electrons. The van der Waals surface area contributed by atoms with Crippen LogP contribution in [0.1, 0.15) is 16.1 Å². The Morgan fingerprint density at radius 2 is 2.28 bits per heavy atom. The van der Waals surface area contributed by atoms with Gasteiger partial charge < -0.3 is 5.32 Å². The van der Waals surface area contributed by atoms with Gasteiger partial charge in [0.1, 0.15) is 11.5 Å². The molecule has 1 aromatic carbocycles. The number of benzene rings is 1. The topological polar surface area (TPSA) is 46.9 Å². The van der Waals surface area contributed by atoms with Gasteiger partial charge in [0, 0.05) is 29.8 Å². The minimum Gasteiger partial charge on any atom is -0.347 e. The quantitative estimate of drug-likeness (QED) is 0.945. The molecular weight excluding hydrogens is 301 g/mol. The third-order valence-corrected chi connectivity index (χ3v) is 2.99. The van der Waals surface area contributed by atoms with E-state index in [9.17, 15) is 9.18 Å². The highest BCUT2D eigenvalue weighted by atomic mass is 79.9. The van der Waals surface area contributed by atoms with Gasteiger partial charge in [-0.1, -0.05) is 15.9 Å². The summed E-state index contributed by atoms with van der Waals surface area (Å²) in [4.78, 5) is 11.8. The van der Waals surface area contributed by atoms with Gasteiger partial charge in [-0.15, -0.1) is 0 Å². The standard InChI is InChI=1S/C12H11BrFN3O/c1-17-11(4-5-16-17)12(18)15-7-8-6-9(13)2-3-10(8)14/h2-6H,7H2,1H3,(H,15,18). The molecule has 0 saturated carbocycles. The zero-order valence-corrected chi connectivity index (χ0v) is 11.2. The van der Waals surface area contributed by atoms with Crippen LogP contribution in [0.15, 0.2) is 34.9 Å². The van der Waals surface area contributed by atoms with E-state index in [0.29, 0.717) is 11.3 Å². The van der Waals surface area contributed by atoms with Crippen LogP contribution < -0.4 is 5.32 Å². The van der Waals surface area contributed by atoms with Crippen LogP contribution in [0.3, 0.4) is 0 Å². The monoisotopic (exact) mass is 311 g/mol. The highest BCUT2D eigenvalue weighted by Crippen LogP contribution is 2.15. The molecule has 1 aromatic heterocycles. The van der Waals surface area contributed by atoms with Gasteiger partial charge in [-0.3, -0.25) is 9.48 Å². The maximum atomic E-state index is 13.5. The normalized spacial score (nSPS) is 10.4. The smallest absolute Gasteiger partial charge is 0.269 e. The van der Waals surface area contributed by atoms with E-state index in [1.165, 1.54) is 16.9 Å². The molecule has 6 heteroatoms. The third kappa shape index (κ3) is 2.76. The minimum atomic E-state index is -0.344. The van der Waals surface area contributed by atoms with E-state index in [0.717, 1.165) is 4.47 Å². The summed E-state index contributed by atoms with van der Waals surface area (Å²) in [6, 6.07) is 6.21. The van der Waals surface area contributed by atoms with Crippen molar-refractivity contribution in [3.8, 4) is 0 Å². The number of halogens is 2. The number of hydrogen-bond acceptors (Lipinski definition) is 2. The van der Waals surface area contributed by atoms with E-state index in [1.54, 1.807) is 25.2 Å². The van der Waals surface area contributed by atoms with E-state index in [4.69, 9.17) is 0 Å². The fraction of sp³-hybridized carbons (Fsp3) is 0.167. The van der Waals surface area contributed by atoms with Gasteiger partial charge in [0.15, 0.2) is 0 Å². The Hall–Kier alpha value is -1.69. The van der Waals surface area contributed by atoms with Crippen molar-refractivity contribution in [1.82, 2.24) is 15.1 Å². The van der Waals surface area contributed by atoms with Gasteiger partial charge in [-0.05, 0) is 24.3 Å². The first kappa shape index (κ1) is 12.8. The van der Waals surface area contributed by atoms with Crippen molar-refractivity contribution >= 4 is 21.8 Å². The summed E-state index contributed by atoms with van der Waals surface area (Å²) in [5, 5.41) is 6.55. The van der Waals surface area contributed by atoms with Crippen LogP contribution in [0.25, 0.3) is 0 Å². The number of hydrogen-bond donors (Lipinski definition) is 1. The first-order valence-electron chi connectivity index (χ1n) is 5.28. The van der Waals surface area contributed by atoms with Crippen molar-refractivity contribution in [2.45, 2.75) is 6.54 Å². The maximum absolute atomic E-state index is 13.5. The van der Waals surface area contributed by atoms with Crippen LogP contribution in [0.2, 0.25) is 0 Å². The van der Waals surface area contributed by atoms with Gasteiger partial charge in [-0.25, -0.2) is 4.39 Å². The molecular formula is C12H11BrFN3O. The van der Waals surface area contributed by atoms with Crippen LogP contribution in [-0.4, -0.2) is 15.7 Å². The molecule has 0 unspecified atom stereocenters. The number of carbonyl (C=O) groups is 1. The Bertz CT molecular complexity index is 582. The maximum Gasteiger partial charge on any atom is 0.269 e. The zero-order chi connectivity index (χ0) is 13.1. The second kappa shape index (κ2) is 5.30. The van der Waals surface area contributed by atoms with Gasteiger partial charge in [0.25, 0.3) is 5.91 Å². The molecule has 1 heterocycles. The highest BCUT2D eigenvalue weighted by molar-refractivity contribution is 9.10. The summed E-state index contributed by atoms with van der Waals surface area (Å²) in [5.74, 6) is -0.627. The Morgan fingerprint density at radius 1 is 1.50 bits per heavy atom. The number of aryl methyl sites for hydroxylation is 1. The molecule has 1 amide bonds. The van der Waals surface area contributed by atoms with Crippen LogP contribution in [0, 0.1) is 5.82 Å². The summed E-state index contributed by atoms with van der Waals surface area (Å²) < 4.78 is 15.7. The average molecular weight is 312 g/mol. The average Bonchev–Trinajstić information content (AvgIpc) is 2.76. The molecule has 0 aliphatic carbocycles. The molecule has 0 atom stereocenters. The molecule has 0 bridgehead atoms. The largest absolute Gasteiger partial charge is 0.347 e. The number of nitrogens with one attached hydrogen (secondary N) is 1. The highest BCUT2D eigenvalue weighted by Gasteiger charge is 2.10. The number of nitrogens with zero attached hydrogens (tertiary/aromatic N) is 2. The molecule has 0 aliphatic rings. The van der Waals surface area contributed by atoms with Crippen molar-refractivity contribution < 1.29 is 9.18 Å². The molecule has 4 nitrogen and oxygen atoms in total. The summed E-state index contributed by atoms with van der Waals surface area (Å²) in [6.45, 7) is 0.134. The van der Waals surface area contributed by atoms with Crippen molar-refractivity contribution in [2.75, 3.05) is 0 Å². The van der Waals surface area contributed by atoms with Gasteiger partial charge in [-0.2, -0.15) is 5.10 Å². The number of carbonyl (C=O) groups excluding carboxylic acids is 1. The van der Waals surface area contributed by atoms with E-state index >= 15 is 0 Å². The van der Waals surface area contributed by atoms with E-state index in [2.05, 4.69) is 26.3 Å². The van der Waals surface area contributed by atoms with Crippen LogP contribution in [0.5, 0.6) is 0 Å². The Morgan fingerprint density at radius 3 is 2.94 bits per heavy atom. The summed E-state index contributed by atoms with van der Waals surface area (Å²) >= 11 is 3.26. The SMILES string of the molecule is Cn1nccc1C(=O)NCc1cc(Br)ccc1F. The van der Waals surface area contributed by atoms with E-state index in [1.807, 2.05) is 0 Å². The third-order valence-electron chi connectivity index (χ3n) is 2.50. The molecule has 0 aliphatic heterocycles. The molecule has 2 aromatic rings. The number of amides is 1. The number of aromatic nitrogens is 2. The molecule has 0 spiro atoms. The van der Waals surface area contributed by atoms with E-state index < -0.39 is 0 Å². The first-order valence-corrected chi connectivity index (χ1v) is 6.07. The lowest BCUT2D eigenvalue weighted by Gasteiger charge is -2.07. The van der Waals surface area contributed by atoms with Crippen LogP contribution in [-0.2, 0) is 13.6 Å². The van der Waals surface area contributed by atoms with Crippen molar-refractivity contribution in [2.24, 2.45) is 7.05 Å². The van der Waals surface area contributed by atoms with E-state index in [-0.39, 0.29) is 18.3 Å². The second-order valence-corrected chi connectivity index (χ2v) is 4.67. The fourth-order valence-corrected chi connectivity index (χ4v) is 1.95. The molecule has 0 radical (unpaired) electrons. The van der Waals surface area contributed by atoms with Gasteiger partial charge >= 0.3 is 0 Å². The molecule has 18 heavy (non-hydrogen) atoms. The first-order chi connectivity index (χ1) is 8.58. The molecule has 1 N–H and O–H groups in total. The Balaban J connectivity index is 2.06. The summed E-state index contributed by atoms with van der Waals surface area (Å²) in [5.41, 5.74) is 0.866. The predicted molar refractivity (Wildman–Crippen MR) is 68.5 cm³/mol. The molecule has 0 fully saturated rings. The Labute approximate surface area is 112 Å². The van der Waals surface area contributed by atoms with Crippen molar-refractivity contribution in [1.29, 1.82) is 0 Å². The van der Waals surface area contributed by atoms with Gasteiger partial charge in [0.2, 0.25) is 0 Å². The lowest BCUT2D eigenvalue weighted by molar-refractivity contribution is 0.0941. The Kier molecular flexibility index (Phi) is 3.76. The van der Waals surface area contributed by atoms with Crippen LogP contribution in [0.4, 0.5) is 4.39 Å². The lowest BCUT2D eigenvalue weighted by atomic mass is 10.2. The minimum absolute atomic E-state index is 0.134. The fourth-order valence-electron chi connectivity index (χ4n) is 1.54. The van der Waals surface area contributed by atoms with Crippen LogP contribution >= 0.6 is 15.9 Å². The summed E-state index contributed by atoms with van der Waals surface area (Å²) in [6.07, 6.45) is 1.54. The molecule has 2 rings (SSSR count). The van der Waals surface area contributed by atoms with Gasteiger partial charge in [0.05, 0.1) is 0 Å². The summed E-state index contributed by atoms with van der Waals surface area (Å²) in [7, 11) is 1.68. The predicted octanol–water partition coefficient (Wildman–Crippen LogP) is 2.25. The zero-order valence-electron chi connectivity index (χ0n) is 9.65.